The molecule has 0 aliphatic rings. The van der Waals surface area contributed by atoms with E-state index in [0.717, 1.165) is 5.56 Å². The number of benzene rings is 2. The lowest BCUT2D eigenvalue weighted by atomic mass is 10.0. The van der Waals surface area contributed by atoms with Gasteiger partial charge in [0.2, 0.25) is 76.8 Å². The molecule has 2 aromatic carbocycles. The predicted molar refractivity (Wildman–Crippen MR) is 364 cm³/mol. The second-order valence-corrected chi connectivity index (χ2v) is 23.4. The zero-order valence-electron chi connectivity index (χ0n) is 56.4. The number of aliphatic imine (C=N–C) groups is 2. The molecule has 0 aliphatic carbocycles. The van der Waals surface area contributed by atoms with Crippen molar-refractivity contribution in [3.8, 4) is 0 Å². The van der Waals surface area contributed by atoms with Crippen LogP contribution in [0.1, 0.15) is 103 Å². The fourth-order valence-corrected chi connectivity index (χ4v) is 9.33. The van der Waals surface area contributed by atoms with E-state index in [4.69, 9.17) is 45.9 Å². The van der Waals surface area contributed by atoms with Gasteiger partial charge >= 0.3 is 0 Å². The van der Waals surface area contributed by atoms with Crippen LogP contribution in [0, 0.1) is 0 Å². The van der Waals surface area contributed by atoms with Crippen LogP contribution in [0.25, 0.3) is 0 Å². The summed E-state index contributed by atoms with van der Waals surface area (Å²) in [7, 11) is 0. The van der Waals surface area contributed by atoms with E-state index in [-0.39, 0.29) is 89.3 Å². The van der Waals surface area contributed by atoms with Crippen molar-refractivity contribution < 1.29 is 72.5 Å². The van der Waals surface area contributed by atoms with Gasteiger partial charge in [-0.15, -0.1) is 0 Å². The molecule has 37 nitrogen and oxygen atoms in total. The first-order valence-electron chi connectivity index (χ1n) is 32.4. The minimum atomic E-state index is -1.73. The minimum absolute atomic E-state index is 0.0255. The summed E-state index contributed by atoms with van der Waals surface area (Å²) in [5.41, 5.74) is 46.0. The Bertz CT molecular complexity index is 3030. The van der Waals surface area contributed by atoms with Crippen LogP contribution in [-0.4, -0.2) is 217 Å². The molecule has 37 heteroatoms. The monoisotopic (exact) mass is 1390 g/mol. The normalized spacial score (nSPS) is 14.5. The Hall–Kier alpha value is -10.1. The smallest absolute Gasteiger partial charge is 0.245 e. The molecule has 12 atom stereocenters. The standard InChI is InChI=1S/C62H102N22O15/c1-34(76-54(93)40(65)29-38-17-7-5-8-18-38)51(90)73-32-48(88)78-45(30-39-19-9-6-10-20-39)58(97)84-49(37(4)86)60(99)74-31-47(87)75-35(2)52(91)80-44(24-16-28-72-62(69)70)56(95)82-42(22-12-14-26-64)57(96)83-46(33-85)59(98)77-36(3)53(92)81-43(23-15-27-71-61(67)68)55(94)79-41(50(66)89)21-11-13-25-63/h5-10,17-20,34-37,40-46,49,85-86H,11-16,21-33,63-65H2,1-4H3,(H2,66,89)(H,73,90)(H,74,99)(H,75,87)(H,76,93)(H,77,98)(H,78,88)(H,79,94)(H,80,91)(H,81,92)(H,82,95)(H,83,96)(H,84,97)(H4,67,68,71)(H4,69,70,72)/t34-,35-,36-,37+,40-,41-,42-,43-,44-,45-,46-,49-/m0/s1. The number of primary amides is 1. The van der Waals surface area contributed by atoms with E-state index in [1.165, 1.54) is 27.7 Å². The number of rotatable bonds is 47. The van der Waals surface area contributed by atoms with Crippen LogP contribution in [-0.2, 0) is 75.2 Å². The number of aliphatic hydroxyl groups excluding tert-OH is 2. The molecule has 0 saturated carbocycles. The zero-order chi connectivity index (χ0) is 74.1. The van der Waals surface area contributed by atoms with Gasteiger partial charge in [0.1, 0.15) is 60.4 Å². The number of hydrogen-bond donors (Lipinski definition) is 22. The van der Waals surface area contributed by atoms with Crippen molar-refractivity contribution in [1.29, 1.82) is 0 Å². The minimum Gasteiger partial charge on any atom is -0.394 e. The number of hydrogen-bond acceptors (Lipinski definition) is 20. The van der Waals surface area contributed by atoms with Gasteiger partial charge < -0.3 is 120 Å². The molecule has 0 saturated heterocycles. The van der Waals surface area contributed by atoms with E-state index in [1.54, 1.807) is 54.6 Å². The zero-order valence-corrected chi connectivity index (χ0v) is 56.4. The number of carbonyl (C=O) groups excluding carboxylic acids is 13. The third-order valence-corrected chi connectivity index (χ3v) is 14.9. The van der Waals surface area contributed by atoms with Crippen LogP contribution in [0.15, 0.2) is 70.6 Å². The second-order valence-electron chi connectivity index (χ2n) is 23.4. The second kappa shape index (κ2) is 46.2. The Balaban J connectivity index is 2.19. The summed E-state index contributed by atoms with van der Waals surface area (Å²) in [5.74, 6) is -12.1. The first-order chi connectivity index (χ1) is 46.9. The van der Waals surface area contributed by atoms with Crippen LogP contribution in [0.3, 0.4) is 0 Å². The van der Waals surface area contributed by atoms with Gasteiger partial charge in [-0.3, -0.25) is 72.3 Å². The van der Waals surface area contributed by atoms with Gasteiger partial charge in [0.15, 0.2) is 11.9 Å². The highest BCUT2D eigenvalue weighted by Gasteiger charge is 2.35. The van der Waals surface area contributed by atoms with Gasteiger partial charge in [-0.2, -0.15) is 0 Å². The van der Waals surface area contributed by atoms with E-state index < -0.39 is 169 Å². The van der Waals surface area contributed by atoms with Gasteiger partial charge in [-0.25, -0.2) is 0 Å². The third-order valence-electron chi connectivity index (χ3n) is 14.9. The van der Waals surface area contributed by atoms with Crippen molar-refractivity contribution in [2.45, 2.75) is 177 Å². The summed E-state index contributed by atoms with van der Waals surface area (Å²) in [6.07, 6.45) is 0.223. The Morgan fingerprint density at radius 1 is 0.404 bits per heavy atom. The Morgan fingerprint density at radius 2 is 0.778 bits per heavy atom. The number of nitrogens with two attached hydrogens (primary N) is 8. The number of guanidine groups is 2. The van der Waals surface area contributed by atoms with Crippen molar-refractivity contribution in [2.75, 3.05) is 45.9 Å². The van der Waals surface area contributed by atoms with Crippen LogP contribution >= 0.6 is 0 Å². The fourth-order valence-electron chi connectivity index (χ4n) is 9.33. The largest absolute Gasteiger partial charge is 0.394 e. The number of carbonyl (C=O) groups is 13. The summed E-state index contributed by atoms with van der Waals surface area (Å²) in [5, 5.41) is 50.3. The molecule has 0 spiro atoms. The van der Waals surface area contributed by atoms with Gasteiger partial charge in [-0.05, 0) is 123 Å². The molecule has 13 amide bonds. The van der Waals surface area contributed by atoms with E-state index in [9.17, 15) is 72.5 Å². The molecular weight excluding hydrogens is 1290 g/mol. The fraction of sp³-hybridized carbons (Fsp3) is 0.565. The third kappa shape index (κ3) is 34.1. The SMILES string of the molecule is C[C@H](NC(=O)CNC(=O)[C@@H](NC(=O)[C@H](Cc1ccccc1)NC(=O)CNC(=O)[C@H](C)NC(=O)[C@@H](N)Cc1ccccc1)[C@@H](C)O)C(=O)N[C@@H](CCCN=C(N)N)C(=O)N[C@@H](CCCCN)C(=O)N[C@@H](CO)C(=O)N[C@@H](C)C(=O)N[C@@H](CCCN=C(N)N)C(=O)N[C@@H](CCCCN)C(N)=O. The average Bonchev–Trinajstić information content (AvgIpc) is 0.883. The summed E-state index contributed by atoms with van der Waals surface area (Å²) in [4.78, 5) is 182. The quantitative estimate of drug-likeness (QED) is 0.0166. The number of aliphatic hydroxyl groups is 2. The van der Waals surface area contributed by atoms with E-state index in [0.29, 0.717) is 31.4 Å². The maximum absolute atomic E-state index is 14.1. The molecule has 550 valence electrons. The lowest BCUT2D eigenvalue weighted by molar-refractivity contribution is -0.136. The Kier molecular flexibility index (Phi) is 39.6. The topological polar surface area (TPSA) is 640 Å². The Labute approximate surface area is 574 Å². The van der Waals surface area contributed by atoms with Crippen molar-refractivity contribution in [2.24, 2.45) is 55.9 Å². The maximum atomic E-state index is 14.1. The molecule has 2 aromatic rings. The van der Waals surface area contributed by atoms with Crippen molar-refractivity contribution in [1.82, 2.24) is 63.8 Å². The van der Waals surface area contributed by atoms with Crippen molar-refractivity contribution >= 4 is 88.7 Å². The first-order valence-corrected chi connectivity index (χ1v) is 32.4. The maximum Gasteiger partial charge on any atom is 0.245 e. The highest BCUT2D eigenvalue weighted by Crippen LogP contribution is 2.10. The van der Waals surface area contributed by atoms with Crippen LogP contribution < -0.4 is 110 Å². The van der Waals surface area contributed by atoms with E-state index in [2.05, 4.69) is 73.8 Å². The van der Waals surface area contributed by atoms with Crippen molar-refractivity contribution in [3.05, 3.63) is 71.8 Å². The summed E-state index contributed by atoms with van der Waals surface area (Å²) < 4.78 is 0. The molecule has 0 unspecified atom stereocenters. The van der Waals surface area contributed by atoms with Gasteiger partial charge in [0, 0.05) is 19.5 Å². The average molecular weight is 1400 g/mol. The first kappa shape index (κ1) is 85.0. The molecule has 0 heterocycles. The number of nitrogens with one attached hydrogen (secondary N) is 12. The molecule has 0 aromatic heterocycles. The predicted octanol–water partition coefficient (Wildman–Crippen LogP) is -8.84. The van der Waals surface area contributed by atoms with E-state index >= 15 is 0 Å². The van der Waals surface area contributed by atoms with Gasteiger partial charge in [0.05, 0.1) is 31.8 Å². The van der Waals surface area contributed by atoms with Gasteiger partial charge in [-0.1, -0.05) is 60.7 Å². The highest BCUT2D eigenvalue weighted by atomic mass is 16.3. The van der Waals surface area contributed by atoms with Gasteiger partial charge in [0.25, 0.3) is 0 Å². The van der Waals surface area contributed by atoms with Crippen LogP contribution in [0.4, 0.5) is 0 Å². The number of amides is 13. The summed E-state index contributed by atoms with van der Waals surface area (Å²) in [6.45, 7) is 3.11. The Morgan fingerprint density at radius 3 is 1.23 bits per heavy atom. The number of nitrogens with zero attached hydrogens (tertiary/aromatic N) is 2. The van der Waals surface area contributed by atoms with Crippen molar-refractivity contribution in [3.63, 3.8) is 0 Å². The molecule has 0 radical (unpaired) electrons. The highest BCUT2D eigenvalue weighted by molar-refractivity contribution is 5.99. The lowest BCUT2D eigenvalue weighted by Crippen LogP contribution is -2.60. The van der Waals surface area contributed by atoms with Crippen LogP contribution in [0.5, 0.6) is 0 Å². The number of unbranched alkanes of at least 4 members (excludes halogenated alkanes) is 2. The molecule has 0 fully saturated rings. The molecule has 2 rings (SSSR count). The lowest BCUT2D eigenvalue weighted by Gasteiger charge is -2.26. The molecule has 0 aliphatic heterocycles. The molecule has 99 heavy (non-hydrogen) atoms. The van der Waals surface area contributed by atoms with Crippen LogP contribution in [0.2, 0.25) is 0 Å². The van der Waals surface area contributed by atoms with E-state index in [1.807, 2.05) is 6.07 Å². The molecule has 30 N–H and O–H groups in total. The summed E-state index contributed by atoms with van der Waals surface area (Å²) in [6, 6.07) is 2.30. The summed E-state index contributed by atoms with van der Waals surface area (Å²) >= 11 is 0. The molecule has 0 bridgehead atoms. The molecular formula is C62H102N22O15.